The molecule has 94 valence electrons. The van der Waals surface area contributed by atoms with Crippen LogP contribution in [0.5, 0.6) is 11.5 Å². The van der Waals surface area contributed by atoms with Gasteiger partial charge in [-0.05, 0) is 12.1 Å². The Kier molecular flexibility index (Phi) is 2.64. The van der Waals surface area contributed by atoms with Gasteiger partial charge in [-0.2, -0.15) is 0 Å². The summed E-state index contributed by atoms with van der Waals surface area (Å²) >= 11 is 0. The molecule has 0 saturated heterocycles. The summed E-state index contributed by atoms with van der Waals surface area (Å²) < 4.78 is 16.5. The summed E-state index contributed by atoms with van der Waals surface area (Å²) in [7, 11) is 1.63. The van der Waals surface area contributed by atoms with Gasteiger partial charge in [0.25, 0.3) is 0 Å². The van der Waals surface area contributed by atoms with Crippen LogP contribution < -0.4 is 15.2 Å². The topological polar surface area (TPSA) is 79.5 Å². The number of hydrogen-bond donors (Lipinski definition) is 1. The highest BCUT2D eigenvalue weighted by molar-refractivity contribution is 5.95. The second-order valence-corrected chi connectivity index (χ2v) is 4.05. The molecule has 1 atom stereocenters. The Bertz CT molecular complexity index is 588. The number of hydrogen-bond acceptors (Lipinski definition) is 6. The normalized spacial score (nSPS) is 17.9. The minimum absolute atomic E-state index is 0.106. The van der Waals surface area contributed by atoms with Crippen molar-refractivity contribution in [3.63, 3.8) is 0 Å². The van der Waals surface area contributed by atoms with Crippen molar-refractivity contribution in [2.45, 2.75) is 6.10 Å². The maximum Gasteiger partial charge on any atom is 0.174 e. The van der Waals surface area contributed by atoms with E-state index in [0.717, 1.165) is 5.52 Å². The Morgan fingerprint density at radius 1 is 1.44 bits per heavy atom. The molecule has 1 aromatic heterocycles. The van der Waals surface area contributed by atoms with Gasteiger partial charge in [0.15, 0.2) is 17.6 Å². The van der Waals surface area contributed by atoms with E-state index in [1.54, 1.807) is 7.11 Å². The molecule has 18 heavy (non-hydrogen) atoms. The fourth-order valence-corrected chi connectivity index (χ4v) is 2.02. The number of aromatic nitrogens is 2. The van der Waals surface area contributed by atoms with Crippen molar-refractivity contribution in [1.82, 2.24) is 9.97 Å². The summed E-state index contributed by atoms with van der Waals surface area (Å²) in [6.07, 6.45) is 1.33. The Hall–Kier alpha value is -2.08. The molecule has 1 aliphatic rings. The lowest BCUT2D eigenvalue weighted by Crippen LogP contribution is -2.33. The minimum Gasteiger partial charge on any atom is -0.485 e. The highest BCUT2D eigenvalue weighted by atomic mass is 16.6. The second-order valence-electron chi connectivity index (χ2n) is 4.05. The van der Waals surface area contributed by atoms with Crippen LogP contribution in [0.4, 0.5) is 5.82 Å². The van der Waals surface area contributed by atoms with Gasteiger partial charge < -0.3 is 19.9 Å². The molecule has 2 heterocycles. The van der Waals surface area contributed by atoms with E-state index in [2.05, 4.69) is 9.97 Å². The molecule has 0 bridgehead atoms. The standard InChI is InChI=1S/C12H13N3O3/c1-16-4-7-5-17-11-9(18-7)3-2-8-10(11)12(13)15-6-14-8/h2-3,6-7H,4-5H2,1H3,(H2,13,14,15). The van der Waals surface area contributed by atoms with Crippen LogP contribution in [0.3, 0.4) is 0 Å². The maximum atomic E-state index is 5.86. The molecule has 1 unspecified atom stereocenters. The number of nitrogens with zero attached hydrogens (tertiary/aromatic N) is 2. The molecule has 3 rings (SSSR count). The summed E-state index contributed by atoms with van der Waals surface area (Å²) in [5.74, 6) is 1.65. The zero-order valence-electron chi connectivity index (χ0n) is 9.92. The van der Waals surface area contributed by atoms with Crippen LogP contribution in [0.15, 0.2) is 18.5 Å². The summed E-state index contributed by atoms with van der Waals surface area (Å²) in [5.41, 5.74) is 6.61. The first-order valence-corrected chi connectivity index (χ1v) is 5.61. The smallest absolute Gasteiger partial charge is 0.174 e. The average Bonchev–Trinajstić information content (AvgIpc) is 2.39. The molecular weight excluding hydrogens is 234 g/mol. The Labute approximate surface area is 104 Å². The molecule has 0 spiro atoms. The molecular formula is C12H13N3O3. The third-order valence-electron chi connectivity index (χ3n) is 2.81. The Balaban J connectivity index is 2.08. The number of benzene rings is 1. The summed E-state index contributed by atoms with van der Waals surface area (Å²) in [6.45, 7) is 0.909. The zero-order chi connectivity index (χ0) is 12.5. The van der Waals surface area contributed by atoms with E-state index >= 15 is 0 Å². The molecule has 0 amide bonds. The molecule has 0 saturated carbocycles. The van der Waals surface area contributed by atoms with Gasteiger partial charge in [0.1, 0.15) is 18.8 Å². The van der Waals surface area contributed by atoms with Crippen molar-refractivity contribution in [3.05, 3.63) is 18.5 Å². The summed E-state index contributed by atoms with van der Waals surface area (Å²) in [6, 6.07) is 3.66. The van der Waals surface area contributed by atoms with Crippen LogP contribution in [0.2, 0.25) is 0 Å². The highest BCUT2D eigenvalue weighted by Gasteiger charge is 2.24. The number of anilines is 1. The number of methoxy groups -OCH3 is 1. The van der Waals surface area contributed by atoms with Crippen molar-refractivity contribution in [2.24, 2.45) is 0 Å². The van der Waals surface area contributed by atoms with E-state index in [4.69, 9.17) is 19.9 Å². The third kappa shape index (κ3) is 1.70. The lowest BCUT2D eigenvalue weighted by Gasteiger charge is -2.26. The van der Waals surface area contributed by atoms with Gasteiger partial charge in [0, 0.05) is 7.11 Å². The summed E-state index contributed by atoms with van der Waals surface area (Å²) in [5, 5.41) is 0.700. The van der Waals surface area contributed by atoms with E-state index in [-0.39, 0.29) is 6.10 Å². The van der Waals surface area contributed by atoms with E-state index in [0.29, 0.717) is 35.9 Å². The molecule has 6 nitrogen and oxygen atoms in total. The second kappa shape index (κ2) is 4.30. The minimum atomic E-state index is -0.106. The lowest BCUT2D eigenvalue weighted by atomic mass is 10.2. The number of nitrogens with two attached hydrogens (primary N) is 1. The molecule has 0 fully saturated rings. The lowest BCUT2D eigenvalue weighted by molar-refractivity contribution is 0.0281. The predicted octanol–water partition coefficient (Wildman–Crippen LogP) is 0.998. The van der Waals surface area contributed by atoms with Crippen molar-refractivity contribution in [1.29, 1.82) is 0 Å². The Morgan fingerprint density at radius 2 is 2.33 bits per heavy atom. The molecule has 0 aliphatic carbocycles. The van der Waals surface area contributed by atoms with Crippen molar-refractivity contribution in [2.75, 3.05) is 26.1 Å². The SMILES string of the molecule is COCC1COc2c(ccc3ncnc(N)c23)O1. The number of rotatable bonds is 2. The zero-order valence-corrected chi connectivity index (χ0v) is 9.92. The monoisotopic (exact) mass is 247 g/mol. The van der Waals surface area contributed by atoms with Crippen LogP contribution >= 0.6 is 0 Å². The molecule has 2 N–H and O–H groups in total. The molecule has 0 radical (unpaired) electrons. The van der Waals surface area contributed by atoms with E-state index in [1.165, 1.54) is 6.33 Å². The van der Waals surface area contributed by atoms with Gasteiger partial charge in [-0.15, -0.1) is 0 Å². The quantitative estimate of drug-likeness (QED) is 0.852. The summed E-state index contributed by atoms with van der Waals surface area (Å²) in [4.78, 5) is 8.13. The van der Waals surface area contributed by atoms with Crippen LogP contribution in [0, 0.1) is 0 Å². The van der Waals surface area contributed by atoms with Gasteiger partial charge in [-0.1, -0.05) is 0 Å². The number of fused-ring (bicyclic) bond motifs is 3. The van der Waals surface area contributed by atoms with Crippen LogP contribution in [0.1, 0.15) is 0 Å². The van der Waals surface area contributed by atoms with E-state index in [9.17, 15) is 0 Å². The van der Waals surface area contributed by atoms with E-state index in [1.807, 2.05) is 12.1 Å². The van der Waals surface area contributed by atoms with Crippen LogP contribution in [0.25, 0.3) is 10.9 Å². The van der Waals surface area contributed by atoms with Crippen LogP contribution in [-0.4, -0.2) is 36.4 Å². The highest BCUT2D eigenvalue weighted by Crippen LogP contribution is 2.39. The fourth-order valence-electron chi connectivity index (χ4n) is 2.02. The third-order valence-corrected chi connectivity index (χ3v) is 2.81. The van der Waals surface area contributed by atoms with E-state index < -0.39 is 0 Å². The molecule has 2 aromatic rings. The predicted molar refractivity (Wildman–Crippen MR) is 65.7 cm³/mol. The van der Waals surface area contributed by atoms with Gasteiger partial charge in [-0.3, -0.25) is 0 Å². The maximum absolute atomic E-state index is 5.86. The van der Waals surface area contributed by atoms with Crippen molar-refractivity contribution >= 4 is 16.7 Å². The van der Waals surface area contributed by atoms with Gasteiger partial charge in [0.05, 0.1) is 17.5 Å². The first-order chi connectivity index (χ1) is 8.79. The fraction of sp³-hybridized carbons (Fsp3) is 0.333. The average molecular weight is 247 g/mol. The number of nitrogen functional groups attached to an aromatic ring is 1. The van der Waals surface area contributed by atoms with Gasteiger partial charge in [0.2, 0.25) is 0 Å². The Morgan fingerprint density at radius 3 is 3.17 bits per heavy atom. The molecule has 1 aliphatic heterocycles. The van der Waals surface area contributed by atoms with Gasteiger partial charge in [-0.25, -0.2) is 9.97 Å². The molecule has 1 aromatic carbocycles. The van der Waals surface area contributed by atoms with Gasteiger partial charge >= 0.3 is 0 Å². The van der Waals surface area contributed by atoms with Crippen molar-refractivity contribution in [3.8, 4) is 11.5 Å². The number of ether oxygens (including phenoxy) is 3. The van der Waals surface area contributed by atoms with Crippen LogP contribution in [-0.2, 0) is 4.74 Å². The first kappa shape index (κ1) is 11.0. The van der Waals surface area contributed by atoms with Crippen molar-refractivity contribution < 1.29 is 14.2 Å². The first-order valence-electron chi connectivity index (χ1n) is 5.61. The molecule has 6 heteroatoms. The largest absolute Gasteiger partial charge is 0.485 e.